The summed E-state index contributed by atoms with van der Waals surface area (Å²) in [6.07, 6.45) is 1.28. The Hall–Kier alpha value is -2.67. The number of carbonyl (C=O) groups is 1. The molecule has 1 N–H and O–H groups in total. The van der Waals surface area contributed by atoms with Gasteiger partial charge in [-0.3, -0.25) is 14.2 Å². The Morgan fingerprint density at radius 1 is 1.43 bits per heavy atom. The van der Waals surface area contributed by atoms with E-state index in [9.17, 15) is 9.59 Å². The van der Waals surface area contributed by atoms with Crippen molar-refractivity contribution in [3.8, 4) is 16.9 Å². The third kappa shape index (κ3) is 2.95. The van der Waals surface area contributed by atoms with Gasteiger partial charge in [-0.05, 0) is 17.7 Å². The average Bonchev–Trinajstić information content (AvgIpc) is 2.99. The number of hydrogen-bond donors (Lipinski definition) is 1. The molecule has 3 rings (SSSR count). The van der Waals surface area contributed by atoms with Gasteiger partial charge >= 0.3 is 5.97 Å². The number of rotatable bonds is 5. The number of aliphatic carboxylic acids is 1. The molecule has 0 amide bonds. The molecule has 118 valence electrons. The zero-order valence-electron chi connectivity index (χ0n) is 12.4. The van der Waals surface area contributed by atoms with Gasteiger partial charge in [-0.15, -0.1) is 11.3 Å². The van der Waals surface area contributed by atoms with Crippen molar-refractivity contribution in [1.29, 1.82) is 0 Å². The highest BCUT2D eigenvalue weighted by Crippen LogP contribution is 2.32. The van der Waals surface area contributed by atoms with Gasteiger partial charge in [-0.1, -0.05) is 12.1 Å². The number of thiophene rings is 1. The van der Waals surface area contributed by atoms with E-state index >= 15 is 0 Å². The van der Waals surface area contributed by atoms with Gasteiger partial charge in [0.1, 0.15) is 10.6 Å². The van der Waals surface area contributed by atoms with Crippen LogP contribution in [0.5, 0.6) is 5.75 Å². The minimum Gasteiger partial charge on any atom is -0.497 e. The van der Waals surface area contributed by atoms with Crippen LogP contribution in [0.15, 0.2) is 40.8 Å². The topological polar surface area (TPSA) is 81.4 Å². The molecule has 0 bridgehead atoms. The predicted molar refractivity (Wildman–Crippen MR) is 88.1 cm³/mol. The molecule has 3 aromatic rings. The summed E-state index contributed by atoms with van der Waals surface area (Å²) in [4.78, 5) is 28.3. The largest absolute Gasteiger partial charge is 0.497 e. The van der Waals surface area contributed by atoms with Crippen molar-refractivity contribution in [3.05, 3.63) is 46.3 Å². The first-order valence-corrected chi connectivity index (χ1v) is 7.81. The van der Waals surface area contributed by atoms with Crippen LogP contribution in [0.4, 0.5) is 0 Å². The Morgan fingerprint density at radius 2 is 2.26 bits per heavy atom. The summed E-state index contributed by atoms with van der Waals surface area (Å²) in [5.74, 6) is -0.243. The van der Waals surface area contributed by atoms with Crippen LogP contribution in [0, 0.1) is 0 Å². The lowest BCUT2D eigenvalue weighted by Crippen LogP contribution is -2.21. The molecule has 23 heavy (non-hydrogen) atoms. The molecule has 0 fully saturated rings. The van der Waals surface area contributed by atoms with Crippen LogP contribution < -0.4 is 10.3 Å². The summed E-state index contributed by atoms with van der Waals surface area (Å²) in [6.45, 7) is 0.102. The van der Waals surface area contributed by atoms with Gasteiger partial charge in [-0.25, -0.2) is 4.98 Å². The van der Waals surface area contributed by atoms with Crippen LogP contribution in [-0.2, 0) is 11.3 Å². The number of nitrogens with zero attached hydrogens (tertiary/aromatic N) is 2. The van der Waals surface area contributed by atoms with Crippen LogP contribution in [0.1, 0.15) is 6.42 Å². The smallest absolute Gasteiger partial charge is 0.305 e. The normalized spacial score (nSPS) is 10.8. The third-order valence-electron chi connectivity index (χ3n) is 3.51. The van der Waals surface area contributed by atoms with E-state index in [4.69, 9.17) is 9.84 Å². The molecule has 7 heteroatoms. The number of ether oxygens (including phenoxy) is 1. The first-order valence-electron chi connectivity index (χ1n) is 6.93. The number of fused-ring (bicyclic) bond motifs is 1. The fourth-order valence-corrected chi connectivity index (χ4v) is 3.25. The number of carboxylic acid groups (broad SMARTS) is 1. The second-order valence-electron chi connectivity index (χ2n) is 4.95. The molecule has 1 aromatic carbocycles. The molecule has 0 aliphatic carbocycles. The van der Waals surface area contributed by atoms with Crippen LogP contribution in [0.25, 0.3) is 21.3 Å². The molecule has 2 aromatic heterocycles. The lowest BCUT2D eigenvalue weighted by Gasteiger charge is -2.06. The molecule has 0 atom stereocenters. The molecular formula is C16H14N2O4S. The van der Waals surface area contributed by atoms with E-state index in [0.717, 1.165) is 11.1 Å². The molecule has 0 saturated heterocycles. The second-order valence-corrected chi connectivity index (χ2v) is 5.81. The van der Waals surface area contributed by atoms with E-state index in [1.165, 1.54) is 22.2 Å². The van der Waals surface area contributed by atoms with Crippen molar-refractivity contribution in [1.82, 2.24) is 9.55 Å². The minimum absolute atomic E-state index is 0.102. The quantitative estimate of drug-likeness (QED) is 0.777. The average molecular weight is 330 g/mol. The summed E-state index contributed by atoms with van der Waals surface area (Å²) in [5.41, 5.74) is 1.42. The van der Waals surface area contributed by atoms with Crippen LogP contribution in [0.2, 0.25) is 0 Å². The monoisotopic (exact) mass is 330 g/mol. The second kappa shape index (κ2) is 6.21. The number of hydrogen-bond acceptors (Lipinski definition) is 5. The highest BCUT2D eigenvalue weighted by Gasteiger charge is 2.14. The summed E-state index contributed by atoms with van der Waals surface area (Å²) >= 11 is 1.39. The fraction of sp³-hybridized carbons (Fsp3) is 0.188. The van der Waals surface area contributed by atoms with Crippen molar-refractivity contribution < 1.29 is 14.6 Å². The molecule has 0 saturated carbocycles. The number of aromatic nitrogens is 2. The number of carboxylic acids is 1. The molecule has 0 radical (unpaired) electrons. The van der Waals surface area contributed by atoms with Crippen molar-refractivity contribution in [2.45, 2.75) is 13.0 Å². The van der Waals surface area contributed by atoms with Crippen LogP contribution in [-0.4, -0.2) is 27.7 Å². The molecule has 2 heterocycles. The van der Waals surface area contributed by atoms with E-state index in [1.807, 2.05) is 29.6 Å². The lowest BCUT2D eigenvalue weighted by atomic mass is 10.1. The van der Waals surface area contributed by atoms with Crippen molar-refractivity contribution in [3.63, 3.8) is 0 Å². The summed E-state index contributed by atoms with van der Waals surface area (Å²) in [7, 11) is 1.59. The molecule has 0 aliphatic rings. The van der Waals surface area contributed by atoms with Crippen molar-refractivity contribution in [2.24, 2.45) is 0 Å². The highest BCUT2D eigenvalue weighted by atomic mass is 32.1. The van der Waals surface area contributed by atoms with E-state index < -0.39 is 5.97 Å². The van der Waals surface area contributed by atoms with Gasteiger partial charge in [0.05, 0.1) is 25.2 Å². The number of benzene rings is 1. The molecule has 0 aliphatic heterocycles. The van der Waals surface area contributed by atoms with E-state index in [0.29, 0.717) is 16.0 Å². The third-order valence-corrected chi connectivity index (χ3v) is 4.39. The van der Waals surface area contributed by atoms with Gasteiger partial charge in [0.15, 0.2) is 0 Å². The zero-order chi connectivity index (χ0) is 16.4. The maximum Gasteiger partial charge on any atom is 0.305 e. The Kier molecular flexibility index (Phi) is 4.12. The maximum atomic E-state index is 12.7. The lowest BCUT2D eigenvalue weighted by molar-refractivity contribution is -0.137. The standard InChI is InChI=1S/C16H14N2O4S/c1-22-11-4-2-3-10(7-11)12-8-23-15-14(12)16(21)18(9-17-15)6-5-13(19)20/h2-4,7-9H,5-6H2,1H3,(H,19,20). The van der Waals surface area contributed by atoms with E-state index in [-0.39, 0.29) is 18.5 Å². The van der Waals surface area contributed by atoms with Crippen molar-refractivity contribution >= 4 is 27.5 Å². The van der Waals surface area contributed by atoms with Gasteiger partial charge < -0.3 is 9.84 Å². The first-order chi connectivity index (χ1) is 11.1. The van der Waals surface area contributed by atoms with Crippen LogP contribution >= 0.6 is 11.3 Å². The highest BCUT2D eigenvalue weighted by molar-refractivity contribution is 7.17. The molecule has 6 nitrogen and oxygen atoms in total. The molecule has 0 spiro atoms. The van der Waals surface area contributed by atoms with Gasteiger partial charge in [-0.2, -0.15) is 0 Å². The predicted octanol–water partition coefficient (Wildman–Crippen LogP) is 2.61. The minimum atomic E-state index is -0.949. The maximum absolute atomic E-state index is 12.7. The number of methoxy groups -OCH3 is 1. The van der Waals surface area contributed by atoms with Gasteiger partial charge in [0.25, 0.3) is 5.56 Å². The van der Waals surface area contributed by atoms with Gasteiger partial charge in [0.2, 0.25) is 0 Å². The fourth-order valence-electron chi connectivity index (χ4n) is 2.35. The van der Waals surface area contributed by atoms with Gasteiger partial charge in [0, 0.05) is 17.5 Å². The Balaban J connectivity index is 2.13. The summed E-state index contributed by atoms with van der Waals surface area (Å²) in [5, 5.41) is 11.2. The Morgan fingerprint density at radius 3 is 3.00 bits per heavy atom. The van der Waals surface area contributed by atoms with E-state index in [2.05, 4.69) is 4.98 Å². The van der Waals surface area contributed by atoms with Crippen LogP contribution in [0.3, 0.4) is 0 Å². The van der Waals surface area contributed by atoms with E-state index in [1.54, 1.807) is 7.11 Å². The summed E-state index contributed by atoms with van der Waals surface area (Å²) < 4.78 is 6.56. The molecular weight excluding hydrogens is 316 g/mol. The molecule has 0 unspecified atom stereocenters. The SMILES string of the molecule is COc1cccc(-c2csc3ncn(CCC(=O)O)c(=O)c23)c1. The number of aryl methyl sites for hydroxylation is 1. The first kappa shape index (κ1) is 15.2. The Labute approximate surface area is 135 Å². The zero-order valence-corrected chi connectivity index (χ0v) is 13.2. The Bertz CT molecular complexity index is 929. The summed E-state index contributed by atoms with van der Waals surface area (Å²) in [6, 6.07) is 7.45. The van der Waals surface area contributed by atoms with Crippen molar-refractivity contribution in [2.75, 3.05) is 7.11 Å².